The van der Waals surface area contributed by atoms with E-state index in [4.69, 9.17) is 9.84 Å². The quantitative estimate of drug-likeness (QED) is 0.702. The van der Waals surface area contributed by atoms with Crippen LogP contribution in [0.3, 0.4) is 0 Å². The minimum Gasteiger partial charge on any atom is -0.396 e. The Morgan fingerprint density at radius 2 is 2.29 bits per heavy atom. The van der Waals surface area contributed by atoms with Gasteiger partial charge >= 0.3 is 0 Å². The van der Waals surface area contributed by atoms with Crippen molar-refractivity contribution in [3.05, 3.63) is 0 Å². The van der Waals surface area contributed by atoms with Crippen molar-refractivity contribution < 1.29 is 9.84 Å². The lowest BCUT2D eigenvalue weighted by Crippen LogP contribution is -2.36. The normalized spacial score (nSPS) is 22.9. The van der Waals surface area contributed by atoms with Crippen LogP contribution in [0.25, 0.3) is 0 Å². The Balaban J connectivity index is 2.16. The Labute approximate surface area is 87.1 Å². The molecule has 0 saturated carbocycles. The van der Waals surface area contributed by atoms with E-state index in [1.807, 2.05) is 0 Å². The van der Waals surface area contributed by atoms with E-state index in [0.717, 1.165) is 32.7 Å². The summed E-state index contributed by atoms with van der Waals surface area (Å²) in [6, 6.07) is 0. The zero-order chi connectivity index (χ0) is 10.2. The molecule has 0 aromatic heterocycles. The predicted octanol–water partition coefficient (Wildman–Crippen LogP) is 1.26. The molecular weight excluding hydrogens is 178 g/mol. The number of likely N-dealkylation sites (N-methyl/N-ethyl adjacent to an activating group) is 1. The van der Waals surface area contributed by atoms with Crippen LogP contribution in [0.5, 0.6) is 0 Å². The maximum Gasteiger partial charge on any atom is 0.0702 e. The van der Waals surface area contributed by atoms with E-state index in [2.05, 4.69) is 11.8 Å². The molecule has 1 aliphatic heterocycles. The molecule has 0 aromatic rings. The van der Waals surface area contributed by atoms with Crippen LogP contribution in [0.2, 0.25) is 0 Å². The minimum atomic E-state index is 0.294. The van der Waals surface area contributed by atoms with Gasteiger partial charge in [0, 0.05) is 26.3 Å². The van der Waals surface area contributed by atoms with Crippen molar-refractivity contribution in [1.82, 2.24) is 4.90 Å². The van der Waals surface area contributed by atoms with E-state index in [0.29, 0.717) is 12.7 Å². The topological polar surface area (TPSA) is 32.7 Å². The molecule has 1 rings (SSSR count). The van der Waals surface area contributed by atoms with Gasteiger partial charge in [0.2, 0.25) is 0 Å². The van der Waals surface area contributed by atoms with Crippen molar-refractivity contribution in [2.24, 2.45) is 0 Å². The monoisotopic (exact) mass is 201 g/mol. The Kier molecular flexibility index (Phi) is 6.15. The fraction of sp³-hybridized carbons (Fsp3) is 1.00. The smallest absolute Gasteiger partial charge is 0.0702 e. The van der Waals surface area contributed by atoms with Crippen molar-refractivity contribution in [2.45, 2.75) is 38.7 Å². The lowest BCUT2D eigenvalue weighted by Gasteiger charge is -2.28. The number of aliphatic hydroxyl groups excluding tert-OH is 1. The lowest BCUT2D eigenvalue weighted by molar-refractivity contribution is -0.00557. The summed E-state index contributed by atoms with van der Waals surface area (Å²) in [4.78, 5) is 2.37. The van der Waals surface area contributed by atoms with Gasteiger partial charge in [0.25, 0.3) is 0 Å². The molecule has 3 nitrogen and oxygen atoms in total. The minimum absolute atomic E-state index is 0.294. The third kappa shape index (κ3) is 4.40. The van der Waals surface area contributed by atoms with Gasteiger partial charge in [-0.05, 0) is 32.2 Å². The van der Waals surface area contributed by atoms with Crippen molar-refractivity contribution >= 4 is 0 Å². The fourth-order valence-corrected chi connectivity index (χ4v) is 1.91. The van der Waals surface area contributed by atoms with Crippen LogP contribution in [-0.2, 0) is 4.74 Å². The Hall–Kier alpha value is -0.120. The summed E-state index contributed by atoms with van der Waals surface area (Å²) in [5.74, 6) is 0. The standard InChI is InChI=1S/C11H23NO2/c1-2-12(7-5-8-13)10-11-6-3-4-9-14-11/h11,13H,2-10H2,1H3. The van der Waals surface area contributed by atoms with E-state index in [-0.39, 0.29) is 0 Å². The summed E-state index contributed by atoms with van der Waals surface area (Å²) in [5.41, 5.74) is 0. The van der Waals surface area contributed by atoms with Crippen LogP contribution >= 0.6 is 0 Å². The van der Waals surface area contributed by atoms with Crippen molar-refractivity contribution in [2.75, 3.05) is 32.8 Å². The van der Waals surface area contributed by atoms with Crippen LogP contribution in [0.4, 0.5) is 0 Å². The van der Waals surface area contributed by atoms with Gasteiger partial charge in [0.1, 0.15) is 0 Å². The zero-order valence-corrected chi connectivity index (χ0v) is 9.24. The first-order chi connectivity index (χ1) is 6.86. The highest BCUT2D eigenvalue weighted by molar-refractivity contribution is 4.68. The molecule has 1 atom stereocenters. The van der Waals surface area contributed by atoms with Gasteiger partial charge < -0.3 is 14.7 Å². The van der Waals surface area contributed by atoms with Crippen LogP contribution in [0.1, 0.15) is 32.6 Å². The van der Waals surface area contributed by atoms with Gasteiger partial charge in [-0.3, -0.25) is 0 Å². The summed E-state index contributed by atoms with van der Waals surface area (Å²) in [7, 11) is 0. The van der Waals surface area contributed by atoms with E-state index >= 15 is 0 Å². The molecule has 0 bridgehead atoms. The number of nitrogens with zero attached hydrogens (tertiary/aromatic N) is 1. The molecule has 0 radical (unpaired) electrons. The summed E-state index contributed by atoms with van der Waals surface area (Å²) in [6.45, 7) is 6.48. The van der Waals surface area contributed by atoms with Gasteiger partial charge in [-0.2, -0.15) is 0 Å². The van der Waals surface area contributed by atoms with Crippen LogP contribution in [0.15, 0.2) is 0 Å². The molecule has 1 N–H and O–H groups in total. The zero-order valence-electron chi connectivity index (χ0n) is 9.24. The summed E-state index contributed by atoms with van der Waals surface area (Å²) < 4.78 is 5.69. The van der Waals surface area contributed by atoms with Gasteiger partial charge in [-0.25, -0.2) is 0 Å². The first kappa shape index (κ1) is 12.0. The molecule has 1 saturated heterocycles. The molecule has 0 spiro atoms. The fourth-order valence-electron chi connectivity index (χ4n) is 1.91. The average Bonchev–Trinajstić information content (AvgIpc) is 2.25. The second-order valence-corrected chi connectivity index (χ2v) is 3.96. The molecule has 1 fully saturated rings. The Bertz CT molecular complexity index is 135. The second-order valence-electron chi connectivity index (χ2n) is 3.96. The SMILES string of the molecule is CCN(CCCO)CC1CCCCO1. The van der Waals surface area contributed by atoms with Crippen molar-refractivity contribution in [3.63, 3.8) is 0 Å². The third-order valence-electron chi connectivity index (χ3n) is 2.82. The first-order valence-corrected chi connectivity index (χ1v) is 5.81. The summed E-state index contributed by atoms with van der Waals surface area (Å²) in [5, 5.41) is 8.76. The number of hydrogen-bond acceptors (Lipinski definition) is 3. The third-order valence-corrected chi connectivity index (χ3v) is 2.82. The summed E-state index contributed by atoms with van der Waals surface area (Å²) in [6.07, 6.45) is 5.04. The molecule has 1 aliphatic rings. The van der Waals surface area contributed by atoms with Crippen LogP contribution < -0.4 is 0 Å². The number of ether oxygens (including phenoxy) is 1. The van der Waals surface area contributed by atoms with Gasteiger partial charge in [-0.1, -0.05) is 6.92 Å². The summed E-state index contributed by atoms with van der Waals surface area (Å²) >= 11 is 0. The van der Waals surface area contributed by atoms with E-state index in [1.54, 1.807) is 0 Å². The molecule has 0 amide bonds. The van der Waals surface area contributed by atoms with E-state index in [9.17, 15) is 0 Å². The average molecular weight is 201 g/mol. The molecule has 14 heavy (non-hydrogen) atoms. The van der Waals surface area contributed by atoms with Gasteiger partial charge in [0.05, 0.1) is 6.10 Å². The van der Waals surface area contributed by atoms with Gasteiger partial charge in [0.15, 0.2) is 0 Å². The molecule has 84 valence electrons. The second kappa shape index (κ2) is 7.21. The first-order valence-electron chi connectivity index (χ1n) is 5.81. The van der Waals surface area contributed by atoms with Crippen molar-refractivity contribution in [1.29, 1.82) is 0 Å². The van der Waals surface area contributed by atoms with Gasteiger partial charge in [-0.15, -0.1) is 0 Å². The molecule has 1 heterocycles. The van der Waals surface area contributed by atoms with E-state index in [1.165, 1.54) is 19.3 Å². The largest absolute Gasteiger partial charge is 0.396 e. The highest BCUT2D eigenvalue weighted by atomic mass is 16.5. The van der Waals surface area contributed by atoms with Crippen molar-refractivity contribution in [3.8, 4) is 0 Å². The highest BCUT2D eigenvalue weighted by Gasteiger charge is 2.16. The Morgan fingerprint density at radius 3 is 2.86 bits per heavy atom. The number of rotatable bonds is 6. The van der Waals surface area contributed by atoms with E-state index < -0.39 is 0 Å². The maximum atomic E-state index is 8.76. The molecule has 0 aromatic carbocycles. The number of aliphatic hydroxyl groups is 1. The highest BCUT2D eigenvalue weighted by Crippen LogP contribution is 2.13. The molecule has 3 heteroatoms. The van der Waals surface area contributed by atoms with Crippen LogP contribution in [0, 0.1) is 0 Å². The predicted molar refractivity (Wildman–Crippen MR) is 57.4 cm³/mol. The Morgan fingerprint density at radius 1 is 1.43 bits per heavy atom. The number of hydrogen-bond donors (Lipinski definition) is 1. The molecular formula is C11H23NO2. The molecule has 0 aliphatic carbocycles. The maximum absolute atomic E-state index is 8.76. The molecule has 1 unspecified atom stereocenters. The van der Waals surface area contributed by atoms with Crippen LogP contribution in [-0.4, -0.2) is 49.0 Å². The lowest BCUT2D eigenvalue weighted by atomic mass is 10.1.